The molecule has 0 fully saturated rings. The van der Waals surface area contributed by atoms with E-state index in [-0.39, 0.29) is 19.1 Å². The molecule has 2 N–H and O–H groups in total. The van der Waals surface area contributed by atoms with Crippen LogP contribution in [0.5, 0.6) is 11.5 Å². The Bertz CT molecular complexity index is 629. The molecule has 112 valence electrons. The van der Waals surface area contributed by atoms with Crippen molar-refractivity contribution >= 4 is 38.9 Å². The van der Waals surface area contributed by atoms with Gasteiger partial charge in [0.15, 0.2) is 11.5 Å². The van der Waals surface area contributed by atoms with Crippen molar-refractivity contribution < 1.29 is 19.4 Å². The lowest BCUT2D eigenvalue weighted by molar-refractivity contribution is 0.102. The Hall–Kier alpha value is -1.57. The van der Waals surface area contributed by atoms with Crippen molar-refractivity contribution in [1.82, 2.24) is 0 Å². The molecule has 1 amide bonds. The number of rotatable bonds is 6. The van der Waals surface area contributed by atoms with E-state index in [1.807, 2.05) is 0 Å². The summed E-state index contributed by atoms with van der Waals surface area (Å²) in [5, 5.41) is 13.4. The third-order valence-corrected chi connectivity index (χ3v) is 4.10. The number of ether oxygens (including phenoxy) is 2. The van der Waals surface area contributed by atoms with Gasteiger partial charge in [0.2, 0.25) is 0 Å². The van der Waals surface area contributed by atoms with Crippen LogP contribution in [0.15, 0.2) is 33.4 Å². The summed E-state index contributed by atoms with van der Waals surface area (Å²) in [7, 11) is 1.53. The molecule has 21 heavy (non-hydrogen) atoms. The summed E-state index contributed by atoms with van der Waals surface area (Å²) in [6.07, 6.45) is 0. The van der Waals surface area contributed by atoms with Crippen molar-refractivity contribution in [2.45, 2.75) is 0 Å². The van der Waals surface area contributed by atoms with E-state index < -0.39 is 0 Å². The molecule has 0 spiro atoms. The number of aliphatic hydroxyl groups excluding tert-OH is 1. The van der Waals surface area contributed by atoms with Gasteiger partial charge < -0.3 is 19.9 Å². The highest BCUT2D eigenvalue weighted by Crippen LogP contribution is 2.30. The predicted octanol–water partition coefficient (Wildman–Crippen LogP) is 3.14. The van der Waals surface area contributed by atoms with Gasteiger partial charge in [-0.05, 0) is 34.1 Å². The first-order valence-corrected chi connectivity index (χ1v) is 7.78. The summed E-state index contributed by atoms with van der Waals surface area (Å²) in [5.41, 5.74) is 1.18. The molecule has 1 aromatic carbocycles. The highest BCUT2D eigenvalue weighted by atomic mass is 79.9. The lowest BCUT2D eigenvalue weighted by atomic mass is 10.2. The van der Waals surface area contributed by atoms with E-state index in [9.17, 15) is 4.79 Å². The molecule has 0 bridgehead atoms. The molecule has 7 heteroatoms. The summed E-state index contributed by atoms with van der Waals surface area (Å²) >= 11 is 4.77. The molecule has 2 rings (SSSR count). The second-order valence-corrected chi connectivity index (χ2v) is 6.32. The molecule has 0 unspecified atom stereocenters. The maximum atomic E-state index is 12.1. The Morgan fingerprint density at radius 3 is 2.81 bits per heavy atom. The van der Waals surface area contributed by atoms with Crippen LogP contribution >= 0.6 is 27.3 Å². The fourth-order valence-electron chi connectivity index (χ4n) is 1.66. The molecule has 0 radical (unpaired) electrons. The van der Waals surface area contributed by atoms with Gasteiger partial charge in [0, 0.05) is 17.1 Å². The zero-order valence-electron chi connectivity index (χ0n) is 11.3. The van der Waals surface area contributed by atoms with Gasteiger partial charge in [-0.1, -0.05) is 0 Å². The van der Waals surface area contributed by atoms with Crippen molar-refractivity contribution in [3.05, 3.63) is 39.0 Å². The standard InChI is InChI=1S/C14H14BrNO4S/c1-19-11-3-2-10(7-12(11)20-5-4-17)16-14(18)9-6-13(15)21-8-9/h2-3,6-8,17H,4-5H2,1H3,(H,16,18). The number of carbonyl (C=O) groups is 1. The summed E-state index contributed by atoms with van der Waals surface area (Å²) < 4.78 is 11.4. The topological polar surface area (TPSA) is 67.8 Å². The van der Waals surface area contributed by atoms with E-state index in [4.69, 9.17) is 14.6 Å². The number of hydrogen-bond acceptors (Lipinski definition) is 5. The van der Waals surface area contributed by atoms with E-state index >= 15 is 0 Å². The number of methoxy groups -OCH3 is 1. The summed E-state index contributed by atoms with van der Waals surface area (Å²) in [6, 6.07) is 6.84. The molecule has 0 atom stereocenters. The normalized spacial score (nSPS) is 10.2. The minimum Gasteiger partial charge on any atom is -0.493 e. The predicted molar refractivity (Wildman–Crippen MR) is 85.5 cm³/mol. The number of halogens is 1. The van der Waals surface area contributed by atoms with Crippen LogP contribution < -0.4 is 14.8 Å². The largest absolute Gasteiger partial charge is 0.493 e. The quantitative estimate of drug-likeness (QED) is 0.818. The van der Waals surface area contributed by atoms with Crippen LogP contribution in [-0.2, 0) is 0 Å². The first-order chi connectivity index (χ1) is 10.1. The fourth-order valence-corrected chi connectivity index (χ4v) is 2.79. The molecule has 5 nitrogen and oxygen atoms in total. The monoisotopic (exact) mass is 371 g/mol. The van der Waals surface area contributed by atoms with Crippen LogP contribution in [0.4, 0.5) is 5.69 Å². The molecule has 0 saturated heterocycles. The average Bonchev–Trinajstić information content (AvgIpc) is 2.92. The van der Waals surface area contributed by atoms with Gasteiger partial charge in [-0.15, -0.1) is 11.3 Å². The Morgan fingerprint density at radius 1 is 1.38 bits per heavy atom. The number of amides is 1. The molecule has 0 saturated carbocycles. The molecule has 2 aromatic rings. The first kappa shape index (κ1) is 15.8. The average molecular weight is 372 g/mol. The van der Waals surface area contributed by atoms with Crippen molar-refractivity contribution in [1.29, 1.82) is 0 Å². The maximum Gasteiger partial charge on any atom is 0.256 e. The Kier molecular flexibility index (Phi) is 5.60. The van der Waals surface area contributed by atoms with E-state index in [0.717, 1.165) is 3.79 Å². The second kappa shape index (κ2) is 7.44. The Labute approximate surface area is 134 Å². The molecule has 0 aliphatic carbocycles. The van der Waals surface area contributed by atoms with Gasteiger partial charge in [-0.3, -0.25) is 4.79 Å². The third kappa shape index (κ3) is 4.20. The van der Waals surface area contributed by atoms with Gasteiger partial charge in [0.05, 0.1) is 23.1 Å². The van der Waals surface area contributed by atoms with Gasteiger partial charge in [-0.2, -0.15) is 0 Å². The molecule has 1 aromatic heterocycles. The minimum absolute atomic E-state index is 0.0946. The van der Waals surface area contributed by atoms with Crippen LogP contribution in [0.2, 0.25) is 0 Å². The minimum atomic E-state index is -0.199. The highest BCUT2D eigenvalue weighted by molar-refractivity contribution is 9.11. The van der Waals surface area contributed by atoms with Gasteiger partial charge in [0.25, 0.3) is 5.91 Å². The van der Waals surface area contributed by atoms with E-state index in [1.165, 1.54) is 18.4 Å². The number of hydrogen-bond donors (Lipinski definition) is 2. The molecule has 1 heterocycles. The van der Waals surface area contributed by atoms with E-state index in [2.05, 4.69) is 21.2 Å². The lowest BCUT2D eigenvalue weighted by Gasteiger charge is -2.12. The summed E-state index contributed by atoms with van der Waals surface area (Å²) in [5.74, 6) is 0.811. The van der Waals surface area contributed by atoms with Crippen LogP contribution in [0.25, 0.3) is 0 Å². The number of nitrogens with one attached hydrogen (secondary N) is 1. The van der Waals surface area contributed by atoms with Crippen LogP contribution in [0.1, 0.15) is 10.4 Å². The number of benzene rings is 1. The van der Waals surface area contributed by atoms with Gasteiger partial charge in [-0.25, -0.2) is 0 Å². The zero-order valence-corrected chi connectivity index (χ0v) is 13.7. The number of anilines is 1. The van der Waals surface area contributed by atoms with Gasteiger partial charge >= 0.3 is 0 Å². The third-order valence-electron chi connectivity index (χ3n) is 2.60. The Morgan fingerprint density at radius 2 is 2.19 bits per heavy atom. The van der Waals surface area contributed by atoms with Crippen molar-refractivity contribution in [3.8, 4) is 11.5 Å². The van der Waals surface area contributed by atoms with Crippen molar-refractivity contribution in [3.63, 3.8) is 0 Å². The highest BCUT2D eigenvalue weighted by Gasteiger charge is 2.11. The van der Waals surface area contributed by atoms with Gasteiger partial charge in [0.1, 0.15) is 6.61 Å². The molecule has 0 aliphatic rings. The molecular formula is C14H14BrNO4S. The zero-order chi connectivity index (χ0) is 15.2. The number of aliphatic hydroxyl groups is 1. The van der Waals surface area contributed by atoms with Crippen molar-refractivity contribution in [2.24, 2.45) is 0 Å². The smallest absolute Gasteiger partial charge is 0.256 e. The SMILES string of the molecule is COc1ccc(NC(=O)c2csc(Br)c2)cc1OCCO. The first-order valence-electron chi connectivity index (χ1n) is 6.11. The number of thiophene rings is 1. The fraction of sp³-hybridized carbons (Fsp3) is 0.214. The van der Waals surface area contributed by atoms with Crippen LogP contribution in [0, 0.1) is 0 Å². The van der Waals surface area contributed by atoms with Crippen LogP contribution in [0.3, 0.4) is 0 Å². The number of carbonyl (C=O) groups excluding carboxylic acids is 1. The summed E-state index contributed by atoms with van der Waals surface area (Å²) in [4.78, 5) is 12.1. The summed E-state index contributed by atoms with van der Waals surface area (Å²) in [6.45, 7) is 0.0634. The van der Waals surface area contributed by atoms with Crippen LogP contribution in [-0.4, -0.2) is 31.3 Å². The molecule has 0 aliphatic heterocycles. The van der Waals surface area contributed by atoms with E-state index in [1.54, 1.807) is 29.6 Å². The maximum absolute atomic E-state index is 12.1. The van der Waals surface area contributed by atoms with E-state index in [0.29, 0.717) is 22.7 Å². The Balaban J connectivity index is 2.14. The molecular weight excluding hydrogens is 358 g/mol. The lowest BCUT2D eigenvalue weighted by Crippen LogP contribution is -2.11. The second-order valence-electron chi connectivity index (χ2n) is 4.03. The van der Waals surface area contributed by atoms with Crippen molar-refractivity contribution in [2.75, 3.05) is 25.6 Å².